The molecular weight excluding hydrogens is 409 g/mol. The van der Waals surface area contributed by atoms with Crippen LogP contribution in [0.1, 0.15) is 15.9 Å². The van der Waals surface area contributed by atoms with Gasteiger partial charge in [-0.15, -0.1) is 4.80 Å². The van der Waals surface area contributed by atoms with Crippen LogP contribution < -0.4 is 11.1 Å². The van der Waals surface area contributed by atoms with Gasteiger partial charge < -0.3 is 11.1 Å². The summed E-state index contributed by atoms with van der Waals surface area (Å²) in [6, 6.07) is 5.89. The molecule has 0 bridgehead atoms. The van der Waals surface area contributed by atoms with Crippen molar-refractivity contribution in [3.63, 3.8) is 0 Å². The summed E-state index contributed by atoms with van der Waals surface area (Å²) in [5, 5.41) is 10.8. The number of amides is 1. The molecule has 1 aromatic carbocycles. The highest BCUT2D eigenvalue weighted by molar-refractivity contribution is 6.32. The number of pyridine rings is 2. The van der Waals surface area contributed by atoms with Gasteiger partial charge in [-0.05, 0) is 36.8 Å². The van der Waals surface area contributed by atoms with E-state index >= 15 is 0 Å². The Morgan fingerprint density at radius 1 is 1.13 bits per heavy atom. The minimum absolute atomic E-state index is 0.179. The van der Waals surface area contributed by atoms with E-state index in [0.29, 0.717) is 33.9 Å². The third-order valence-electron chi connectivity index (χ3n) is 4.39. The molecule has 30 heavy (non-hydrogen) atoms. The molecule has 4 aromatic rings. The van der Waals surface area contributed by atoms with Gasteiger partial charge >= 0.3 is 0 Å². The first-order chi connectivity index (χ1) is 14.4. The van der Waals surface area contributed by atoms with Crippen molar-refractivity contribution in [1.82, 2.24) is 25.0 Å². The first kappa shape index (κ1) is 19.5. The summed E-state index contributed by atoms with van der Waals surface area (Å²) in [5.74, 6) is -0.746. The molecular formula is C20H15ClFN7O. The van der Waals surface area contributed by atoms with Crippen LogP contribution in [-0.2, 0) is 0 Å². The van der Waals surface area contributed by atoms with Crippen LogP contribution in [0.5, 0.6) is 0 Å². The quantitative estimate of drug-likeness (QED) is 0.518. The molecule has 0 aliphatic carbocycles. The molecule has 0 aliphatic heterocycles. The number of hydrogen-bond donors (Lipinski definition) is 2. The number of aromatic nitrogens is 5. The zero-order valence-corrected chi connectivity index (χ0v) is 16.4. The number of anilines is 2. The molecule has 0 saturated carbocycles. The lowest BCUT2D eigenvalue weighted by atomic mass is 9.98. The molecule has 4 rings (SSSR count). The molecule has 0 saturated heterocycles. The van der Waals surface area contributed by atoms with E-state index in [-0.39, 0.29) is 10.6 Å². The number of halogens is 2. The van der Waals surface area contributed by atoms with Crippen molar-refractivity contribution in [2.45, 2.75) is 6.92 Å². The molecule has 3 heterocycles. The Labute approximate surface area is 175 Å². The molecule has 3 N–H and O–H groups in total. The Morgan fingerprint density at radius 2 is 1.90 bits per heavy atom. The van der Waals surface area contributed by atoms with Crippen LogP contribution in [-0.4, -0.2) is 30.9 Å². The molecule has 1 amide bonds. The fraction of sp³-hybridized carbons (Fsp3) is 0.0500. The van der Waals surface area contributed by atoms with Gasteiger partial charge in [-0.25, -0.2) is 9.37 Å². The Hall–Kier alpha value is -3.85. The van der Waals surface area contributed by atoms with Crippen molar-refractivity contribution in [3.8, 4) is 16.9 Å². The second-order valence-corrected chi connectivity index (χ2v) is 6.82. The lowest BCUT2D eigenvalue weighted by molar-refractivity contribution is 0.102. The van der Waals surface area contributed by atoms with E-state index in [9.17, 15) is 9.18 Å². The average Bonchev–Trinajstić information content (AvgIpc) is 3.24. The monoisotopic (exact) mass is 423 g/mol. The number of nitrogens with zero attached hydrogens (tertiary/aromatic N) is 5. The van der Waals surface area contributed by atoms with Gasteiger partial charge in [0.05, 0.1) is 41.2 Å². The molecule has 0 radical (unpaired) electrons. The zero-order chi connectivity index (χ0) is 21.3. The van der Waals surface area contributed by atoms with Crippen LogP contribution in [0.4, 0.5) is 15.8 Å². The summed E-state index contributed by atoms with van der Waals surface area (Å²) >= 11 is 6.22. The smallest absolute Gasteiger partial charge is 0.256 e. The fourth-order valence-electron chi connectivity index (χ4n) is 2.95. The van der Waals surface area contributed by atoms with Crippen LogP contribution >= 0.6 is 11.6 Å². The Bertz CT molecular complexity index is 1240. The number of rotatable bonds is 4. The third-order valence-corrected chi connectivity index (χ3v) is 4.67. The minimum atomic E-state index is -0.570. The number of nitrogens with one attached hydrogen (secondary N) is 1. The number of benzene rings is 1. The van der Waals surface area contributed by atoms with Gasteiger partial charge in [0.25, 0.3) is 5.91 Å². The summed E-state index contributed by atoms with van der Waals surface area (Å²) in [6.07, 6.45) is 7.38. The number of carbonyl (C=O) groups excluding carboxylic acids is 1. The normalized spacial score (nSPS) is 10.8. The number of aryl methyl sites for hydroxylation is 1. The maximum atomic E-state index is 14.8. The lowest BCUT2D eigenvalue weighted by Gasteiger charge is -2.12. The van der Waals surface area contributed by atoms with Crippen LogP contribution in [0.3, 0.4) is 0 Å². The topological polar surface area (TPSA) is 112 Å². The highest BCUT2D eigenvalue weighted by Crippen LogP contribution is 2.30. The van der Waals surface area contributed by atoms with E-state index in [2.05, 4.69) is 25.5 Å². The van der Waals surface area contributed by atoms with Crippen molar-refractivity contribution >= 4 is 28.9 Å². The van der Waals surface area contributed by atoms with Gasteiger partial charge in [0, 0.05) is 22.9 Å². The summed E-state index contributed by atoms with van der Waals surface area (Å²) in [5.41, 5.74) is 8.16. The van der Waals surface area contributed by atoms with Crippen LogP contribution in [0.15, 0.2) is 55.2 Å². The van der Waals surface area contributed by atoms with Crippen molar-refractivity contribution < 1.29 is 9.18 Å². The van der Waals surface area contributed by atoms with E-state index < -0.39 is 11.7 Å². The van der Waals surface area contributed by atoms with Gasteiger partial charge in [0.15, 0.2) is 5.82 Å². The summed E-state index contributed by atoms with van der Waals surface area (Å²) in [7, 11) is 0. The molecule has 3 aromatic heterocycles. The molecule has 0 atom stereocenters. The average molecular weight is 424 g/mol. The Kier molecular flexibility index (Phi) is 5.11. The number of carbonyl (C=O) groups is 1. The predicted octanol–water partition coefficient (Wildman–Crippen LogP) is 3.66. The number of nitrogens with two attached hydrogens (primary N) is 1. The SMILES string of the molecule is Cc1cc(-c2ccncc2N)c(F)cc1C(=O)Nc1cnc(-n2nccn2)c(Cl)c1. The number of nitrogen functional groups attached to an aromatic ring is 1. The zero-order valence-electron chi connectivity index (χ0n) is 15.7. The minimum Gasteiger partial charge on any atom is -0.397 e. The van der Waals surface area contributed by atoms with E-state index in [1.807, 2.05) is 0 Å². The van der Waals surface area contributed by atoms with E-state index in [1.54, 1.807) is 19.1 Å². The van der Waals surface area contributed by atoms with Crippen LogP contribution in [0, 0.1) is 12.7 Å². The molecule has 150 valence electrons. The molecule has 0 fully saturated rings. The van der Waals surface area contributed by atoms with Crippen molar-refractivity contribution in [2.75, 3.05) is 11.1 Å². The van der Waals surface area contributed by atoms with Gasteiger partial charge in [-0.3, -0.25) is 9.78 Å². The molecule has 8 nitrogen and oxygen atoms in total. The van der Waals surface area contributed by atoms with E-state index in [0.717, 1.165) is 0 Å². The van der Waals surface area contributed by atoms with Gasteiger partial charge in [0.1, 0.15) is 5.82 Å². The van der Waals surface area contributed by atoms with Gasteiger partial charge in [-0.2, -0.15) is 10.2 Å². The predicted molar refractivity (Wildman–Crippen MR) is 111 cm³/mol. The van der Waals surface area contributed by atoms with Crippen molar-refractivity contribution in [2.24, 2.45) is 0 Å². The number of hydrogen-bond acceptors (Lipinski definition) is 6. The molecule has 0 unspecified atom stereocenters. The highest BCUT2D eigenvalue weighted by atomic mass is 35.5. The summed E-state index contributed by atoms with van der Waals surface area (Å²) in [4.78, 5) is 22.0. The largest absolute Gasteiger partial charge is 0.397 e. The highest BCUT2D eigenvalue weighted by Gasteiger charge is 2.17. The van der Waals surface area contributed by atoms with Crippen LogP contribution in [0.25, 0.3) is 16.9 Å². The first-order valence-electron chi connectivity index (χ1n) is 8.77. The second kappa shape index (κ2) is 7.88. The maximum Gasteiger partial charge on any atom is 0.256 e. The summed E-state index contributed by atoms with van der Waals surface area (Å²) in [6.45, 7) is 1.72. The van der Waals surface area contributed by atoms with Crippen molar-refractivity contribution in [3.05, 3.63) is 77.2 Å². The lowest BCUT2D eigenvalue weighted by Crippen LogP contribution is -2.15. The van der Waals surface area contributed by atoms with Crippen LogP contribution in [0.2, 0.25) is 5.02 Å². The van der Waals surface area contributed by atoms with Gasteiger partial charge in [0.2, 0.25) is 0 Å². The van der Waals surface area contributed by atoms with E-state index in [1.165, 1.54) is 47.9 Å². The van der Waals surface area contributed by atoms with Gasteiger partial charge in [-0.1, -0.05) is 11.6 Å². The fourth-order valence-corrected chi connectivity index (χ4v) is 3.20. The maximum absolute atomic E-state index is 14.8. The molecule has 0 spiro atoms. The summed E-state index contributed by atoms with van der Waals surface area (Å²) < 4.78 is 14.8. The Morgan fingerprint density at radius 3 is 2.60 bits per heavy atom. The van der Waals surface area contributed by atoms with E-state index in [4.69, 9.17) is 17.3 Å². The second-order valence-electron chi connectivity index (χ2n) is 6.41. The molecule has 10 heteroatoms. The molecule has 0 aliphatic rings. The first-order valence-corrected chi connectivity index (χ1v) is 9.15. The van der Waals surface area contributed by atoms with Crippen molar-refractivity contribution in [1.29, 1.82) is 0 Å². The Balaban J connectivity index is 1.60. The standard InChI is InChI=1S/C20H15ClFN7O/c1-11-6-15(13-2-3-24-10-18(13)23)17(22)8-14(11)20(30)28-12-7-16(21)19(25-9-12)29-26-4-5-27-29/h2-10H,23H2,1H3,(H,28,30). The third kappa shape index (κ3) is 3.70.